The summed E-state index contributed by atoms with van der Waals surface area (Å²) in [6.07, 6.45) is 3.42. The number of aromatic amines is 1. The molecule has 1 aliphatic heterocycles. The summed E-state index contributed by atoms with van der Waals surface area (Å²) in [6.45, 7) is 5.22. The van der Waals surface area contributed by atoms with Crippen LogP contribution < -0.4 is 0 Å². The number of methoxy groups -OCH3 is 1. The van der Waals surface area contributed by atoms with Gasteiger partial charge in [0.15, 0.2) is 5.54 Å². The SMILES string of the molecule is COC(=O)CC[N+]1(C(=O)c2ncc[nH]2)CC1(C)C. The number of amides is 1. The van der Waals surface area contributed by atoms with Crippen molar-refractivity contribution in [2.24, 2.45) is 0 Å². The number of nitrogens with zero attached hydrogens (tertiary/aromatic N) is 2. The minimum absolute atomic E-state index is 0.0612. The molecule has 18 heavy (non-hydrogen) atoms. The van der Waals surface area contributed by atoms with Crippen LogP contribution in [0.25, 0.3) is 0 Å². The van der Waals surface area contributed by atoms with Crippen molar-refractivity contribution in [1.29, 1.82) is 0 Å². The lowest BCUT2D eigenvalue weighted by molar-refractivity contribution is -0.741. The molecule has 2 rings (SSSR count). The number of carbonyl (C=O) groups excluding carboxylic acids is 2. The zero-order valence-electron chi connectivity index (χ0n) is 10.9. The number of quaternary nitrogens is 1. The Kier molecular flexibility index (Phi) is 2.98. The predicted molar refractivity (Wildman–Crippen MR) is 63.6 cm³/mol. The third-order valence-electron chi connectivity index (χ3n) is 3.73. The Morgan fingerprint density at radius 2 is 2.22 bits per heavy atom. The summed E-state index contributed by atoms with van der Waals surface area (Å²) in [5.41, 5.74) is -0.141. The van der Waals surface area contributed by atoms with Gasteiger partial charge < -0.3 is 9.72 Å². The van der Waals surface area contributed by atoms with Gasteiger partial charge in [0.2, 0.25) is 5.82 Å². The molecule has 1 atom stereocenters. The van der Waals surface area contributed by atoms with Crippen LogP contribution in [0.1, 0.15) is 30.9 Å². The van der Waals surface area contributed by atoms with Crippen LogP contribution in [0, 0.1) is 0 Å². The minimum atomic E-state index is -0.289. The van der Waals surface area contributed by atoms with E-state index in [0.29, 0.717) is 12.4 Å². The van der Waals surface area contributed by atoms with Crippen molar-refractivity contribution in [3.8, 4) is 0 Å². The van der Waals surface area contributed by atoms with Crippen LogP contribution >= 0.6 is 0 Å². The van der Waals surface area contributed by atoms with Gasteiger partial charge in [-0.05, 0) is 13.8 Å². The molecule has 1 amide bonds. The van der Waals surface area contributed by atoms with Gasteiger partial charge in [0.1, 0.15) is 6.54 Å². The van der Waals surface area contributed by atoms with E-state index in [0.717, 1.165) is 6.54 Å². The number of hydrogen-bond acceptors (Lipinski definition) is 4. The lowest BCUT2D eigenvalue weighted by atomic mass is 10.2. The van der Waals surface area contributed by atoms with Gasteiger partial charge in [-0.3, -0.25) is 4.79 Å². The van der Waals surface area contributed by atoms with Crippen LogP contribution in [-0.4, -0.2) is 52.1 Å². The molecule has 98 valence electrons. The molecule has 6 heteroatoms. The Labute approximate surface area is 106 Å². The predicted octanol–water partition coefficient (Wildman–Crippen LogP) is 0.722. The number of rotatable bonds is 4. The van der Waals surface area contributed by atoms with Crippen LogP contribution in [0.5, 0.6) is 0 Å². The molecule has 1 aromatic heterocycles. The molecule has 1 N–H and O–H groups in total. The van der Waals surface area contributed by atoms with Crippen molar-refractivity contribution in [3.05, 3.63) is 18.2 Å². The second kappa shape index (κ2) is 4.20. The first-order valence-electron chi connectivity index (χ1n) is 5.91. The third-order valence-corrected chi connectivity index (χ3v) is 3.73. The van der Waals surface area contributed by atoms with Crippen molar-refractivity contribution in [2.75, 3.05) is 20.2 Å². The van der Waals surface area contributed by atoms with Crippen molar-refractivity contribution < 1.29 is 18.8 Å². The van der Waals surface area contributed by atoms with Gasteiger partial charge >= 0.3 is 11.9 Å². The molecule has 0 spiro atoms. The molecular formula is C12H18N3O3+. The van der Waals surface area contributed by atoms with E-state index in [9.17, 15) is 9.59 Å². The van der Waals surface area contributed by atoms with Gasteiger partial charge in [-0.15, -0.1) is 0 Å². The molecule has 2 heterocycles. The van der Waals surface area contributed by atoms with Crippen LogP contribution in [0.4, 0.5) is 0 Å². The molecule has 6 nitrogen and oxygen atoms in total. The highest BCUT2D eigenvalue weighted by Crippen LogP contribution is 2.43. The fourth-order valence-corrected chi connectivity index (χ4v) is 2.42. The lowest BCUT2D eigenvalue weighted by Gasteiger charge is -2.19. The highest BCUT2D eigenvalue weighted by Gasteiger charge is 2.68. The molecular weight excluding hydrogens is 234 g/mol. The van der Waals surface area contributed by atoms with Crippen LogP contribution in [0.15, 0.2) is 12.4 Å². The number of esters is 1. The van der Waals surface area contributed by atoms with Crippen LogP contribution in [0.3, 0.4) is 0 Å². The van der Waals surface area contributed by atoms with Crippen LogP contribution in [-0.2, 0) is 9.53 Å². The first kappa shape index (κ1) is 12.8. The Morgan fingerprint density at radius 1 is 1.56 bits per heavy atom. The van der Waals surface area contributed by atoms with E-state index in [2.05, 4.69) is 14.7 Å². The van der Waals surface area contributed by atoms with E-state index >= 15 is 0 Å². The largest absolute Gasteiger partial charge is 0.469 e. The van der Waals surface area contributed by atoms with Gasteiger partial charge in [0.25, 0.3) is 0 Å². The average Bonchev–Trinajstić information content (AvgIpc) is 2.74. The summed E-state index contributed by atoms with van der Waals surface area (Å²) in [6, 6.07) is 0. The maximum Gasteiger partial charge on any atom is 0.382 e. The summed E-state index contributed by atoms with van der Waals surface area (Å²) in [7, 11) is 1.36. The Bertz CT molecular complexity index is 467. The number of carbonyl (C=O) groups is 2. The summed E-state index contributed by atoms with van der Waals surface area (Å²) in [5, 5.41) is 0. The third kappa shape index (κ3) is 1.92. The average molecular weight is 252 g/mol. The molecule has 0 bridgehead atoms. The maximum absolute atomic E-state index is 12.4. The number of imidazole rings is 1. The Balaban J connectivity index is 2.14. The smallest absolute Gasteiger partial charge is 0.382 e. The maximum atomic E-state index is 12.4. The molecule has 1 aromatic rings. The minimum Gasteiger partial charge on any atom is -0.469 e. The van der Waals surface area contributed by atoms with Gasteiger partial charge in [0, 0.05) is 12.4 Å². The highest BCUT2D eigenvalue weighted by atomic mass is 16.5. The zero-order chi connectivity index (χ0) is 13.4. The summed E-state index contributed by atoms with van der Waals surface area (Å²) in [4.78, 5) is 30.5. The van der Waals surface area contributed by atoms with E-state index in [4.69, 9.17) is 0 Å². The fourth-order valence-electron chi connectivity index (χ4n) is 2.42. The molecule has 0 saturated carbocycles. The van der Waals surface area contributed by atoms with Gasteiger partial charge in [0.05, 0.1) is 20.1 Å². The van der Waals surface area contributed by atoms with Gasteiger partial charge in [-0.1, -0.05) is 0 Å². The van der Waals surface area contributed by atoms with E-state index in [1.807, 2.05) is 13.8 Å². The standard InChI is InChI=1S/C12H17N3O3/c1-12(2)8-15(12,7-4-9(16)18-3)11(17)10-13-5-6-14-10/h5-6H,4,7-8H2,1-3H3/p+1. The Morgan fingerprint density at radius 3 is 2.67 bits per heavy atom. The Hall–Kier alpha value is -1.69. The second-order valence-electron chi connectivity index (χ2n) is 5.23. The van der Waals surface area contributed by atoms with Crippen molar-refractivity contribution >= 4 is 11.9 Å². The first-order valence-corrected chi connectivity index (χ1v) is 5.91. The van der Waals surface area contributed by atoms with Crippen molar-refractivity contribution in [3.63, 3.8) is 0 Å². The highest BCUT2D eigenvalue weighted by molar-refractivity contribution is 5.86. The molecule has 1 unspecified atom stereocenters. The zero-order valence-corrected chi connectivity index (χ0v) is 10.9. The summed E-state index contributed by atoms with van der Waals surface area (Å²) in [5.74, 6) is 0.00166. The van der Waals surface area contributed by atoms with Crippen molar-refractivity contribution in [1.82, 2.24) is 9.97 Å². The quantitative estimate of drug-likeness (QED) is 0.487. The number of ether oxygens (including phenoxy) is 1. The van der Waals surface area contributed by atoms with Crippen molar-refractivity contribution in [2.45, 2.75) is 25.8 Å². The van der Waals surface area contributed by atoms with E-state index in [1.54, 1.807) is 12.4 Å². The molecule has 0 radical (unpaired) electrons. The molecule has 1 aliphatic rings. The number of H-pyrrole nitrogens is 1. The second-order valence-corrected chi connectivity index (χ2v) is 5.23. The lowest BCUT2D eigenvalue weighted by Crippen LogP contribution is -2.41. The molecule has 1 saturated heterocycles. The molecule has 1 fully saturated rings. The van der Waals surface area contributed by atoms with Gasteiger partial charge in [-0.2, -0.15) is 0 Å². The topological polar surface area (TPSA) is 72.1 Å². The fraction of sp³-hybridized carbons (Fsp3) is 0.583. The number of nitrogens with one attached hydrogen (secondary N) is 1. The normalized spacial score (nSPS) is 24.6. The van der Waals surface area contributed by atoms with Gasteiger partial charge in [-0.25, -0.2) is 14.3 Å². The molecule has 0 aromatic carbocycles. The number of hydrogen-bond donors (Lipinski definition) is 1. The van der Waals surface area contributed by atoms with E-state index in [-0.39, 0.29) is 28.3 Å². The van der Waals surface area contributed by atoms with Crippen LogP contribution in [0.2, 0.25) is 0 Å². The summed E-state index contributed by atoms with van der Waals surface area (Å²) >= 11 is 0. The van der Waals surface area contributed by atoms with E-state index in [1.165, 1.54) is 7.11 Å². The van der Waals surface area contributed by atoms with E-state index < -0.39 is 0 Å². The monoisotopic (exact) mass is 252 g/mol. The number of aromatic nitrogens is 2. The first-order chi connectivity index (χ1) is 8.43. The molecule has 0 aliphatic carbocycles. The summed E-state index contributed by atoms with van der Waals surface area (Å²) < 4.78 is 4.89.